The summed E-state index contributed by atoms with van der Waals surface area (Å²) in [5.74, 6) is -0.159. The topological polar surface area (TPSA) is 21.3 Å². The van der Waals surface area contributed by atoms with Crippen LogP contribution in [0.2, 0.25) is 0 Å². The van der Waals surface area contributed by atoms with Crippen molar-refractivity contribution >= 4 is 21.6 Å². The van der Waals surface area contributed by atoms with E-state index in [4.69, 9.17) is 4.74 Å². The summed E-state index contributed by atoms with van der Waals surface area (Å²) in [5, 5.41) is 3.20. The molecule has 1 fully saturated rings. The predicted molar refractivity (Wildman–Crippen MR) is 64.3 cm³/mol. The second kappa shape index (κ2) is 3.70. The molecule has 0 atom stereocenters. The Morgan fingerprint density at radius 1 is 1.31 bits per heavy atom. The highest BCUT2D eigenvalue weighted by Crippen LogP contribution is 2.45. The maximum absolute atomic E-state index is 13.8. The summed E-state index contributed by atoms with van der Waals surface area (Å²) in [5.41, 5.74) is 1.88. The molecule has 2 heterocycles. The van der Waals surface area contributed by atoms with E-state index in [9.17, 15) is 4.39 Å². The van der Waals surface area contributed by atoms with Gasteiger partial charge in [0.2, 0.25) is 0 Å². The Labute approximate surface area is 102 Å². The van der Waals surface area contributed by atoms with Crippen molar-refractivity contribution < 1.29 is 9.13 Å². The maximum Gasteiger partial charge on any atom is 0.147 e. The van der Waals surface area contributed by atoms with Gasteiger partial charge in [-0.1, -0.05) is 15.9 Å². The van der Waals surface area contributed by atoms with Crippen LogP contribution in [0.3, 0.4) is 0 Å². The fourth-order valence-corrected chi connectivity index (χ4v) is 3.16. The Kier molecular flexibility index (Phi) is 2.44. The summed E-state index contributed by atoms with van der Waals surface area (Å²) in [6.07, 6.45) is 1.95. The number of halogens is 2. The molecule has 16 heavy (non-hydrogen) atoms. The van der Waals surface area contributed by atoms with Crippen LogP contribution >= 0.6 is 15.9 Å². The molecule has 2 nitrogen and oxygen atoms in total. The molecule has 1 aromatic carbocycles. The fourth-order valence-electron chi connectivity index (χ4n) is 2.73. The molecular formula is C12H13BrFNO. The van der Waals surface area contributed by atoms with E-state index in [0.717, 1.165) is 42.6 Å². The number of fused-ring (bicyclic) bond motifs is 2. The van der Waals surface area contributed by atoms with E-state index in [-0.39, 0.29) is 11.2 Å². The van der Waals surface area contributed by atoms with Crippen LogP contribution in [0.5, 0.6) is 0 Å². The van der Waals surface area contributed by atoms with Crippen molar-refractivity contribution in [2.45, 2.75) is 18.3 Å². The highest BCUT2D eigenvalue weighted by atomic mass is 79.9. The summed E-state index contributed by atoms with van der Waals surface area (Å²) >= 11 is 3.37. The van der Waals surface area contributed by atoms with Crippen molar-refractivity contribution in [3.63, 3.8) is 0 Å². The van der Waals surface area contributed by atoms with E-state index in [1.165, 1.54) is 6.07 Å². The van der Waals surface area contributed by atoms with Crippen molar-refractivity contribution in [3.05, 3.63) is 28.0 Å². The van der Waals surface area contributed by atoms with Gasteiger partial charge in [0, 0.05) is 29.6 Å². The smallest absolute Gasteiger partial charge is 0.147 e. The van der Waals surface area contributed by atoms with Crippen molar-refractivity contribution in [1.29, 1.82) is 0 Å². The number of nitrogens with one attached hydrogen (secondary N) is 1. The third kappa shape index (κ3) is 1.47. The molecule has 0 bridgehead atoms. The largest absolute Gasteiger partial charge is 0.382 e. The SMILES string of the molecule is Fc1cc(Br)cc2c1NCC21CCOCC1. The lowest BCUT2D eigenvalue weighted by Gasteiger charge is -2.33. The first kappa shape index (κ1) is 10.5. The lowest BCUT2D eigenvalue weighted by atomic mass is 9.76. The Balaban J connectivity index is 2.10. The number of anilines is 1. The highest BCUT2D eigenvalue weighted by molar-refractivity contribution is 9.10. The zero-order chi connectivity index (χ0) is 11.2. The third-order valence-electron chi connectivity index (χ3n) is 3.68. The second-order valence-electron chi connectivity index (χ2n) is 4.56. The van der Waals surface area contributed by atoms with Gasteiger partial charge in [0.1, 0.15) is 5.82 Å². The quantitative estimate of drug-likeness (QED) is 0.791. The molecule has 0 saturated carbocycles. The van der Waals surface area contributed by atoms with Gasteiger partial charge in [0.25, 0.3) is 0 Å². The van der Waals surface area contributed by atoms with Crippen LogP contribution < -0.4 is 5.32 Å². The first-order chi connectivity index (χ1) is 7.71. The van der Waals surface area contributed by atoms with E-state index < -0.39 is 0 Å². The predicted octanol–water partition coefficient (Wildman–Crippen LogP) is 3.06. The van der Waals surface area contributed by atoms with Crippen molar-refractivity contribution in [2.24, 2.45) is 0 Å². The molecule has 0 unspecified atom stereocenters. The first-order valence-electron chi connectivity index (χ1n) is 5.52. The molecule has 2 aliphatic rings. The number of hydrogen-bond acceptors (Lipinski definition) is 2. The third-order valence-corrected chi connectivity index (χ3v) is 4.14. The van der Waals surface area contributed by atoms with Crippen LogP contribution in [-0.4, -0.2) is 19.8 Å². The van der Waals surface area contributed by atoms with Crippen LogP contribution in [0.4, 0.5) is 10.1 Å². The highest BCUT2D eigenvalue weighted by Gasteiger charge is 2.41. The molecule has 0 aliphatic carbocycles. The molecule has 1 aromatic rings. The minimum absolute atomic E-state index is 0.0816. The molecule has 3 rings (SSSR count). The van der Waals surface area contributed by atoms with Crippen LogP contribution in [0.1, 0.15) is 18.4 Å². The van der Waals surface area contributed by atoms with Crippen LogP contribution in [0.25, 0.3) is 0 Å². The molecule has 4 heteroatoms. The van der Waals surface area contributed by atoms with E-state index in [1.807, 2.05) is 6.07 Å². The van der Waals surface area contributed by atoms with Gasteiger partial charge >= 0.3 is 0 Å². The zero-order valence-electron chi connectivity index (χ0n) is 8.85. The summed E-state index contributed by atoms with van der Waals surface area (Å²) in [4.78, 5) is 0. The molecule has 1 spiro atoms. The summed E-state index contributed by atoms with van der Waals surface area (Å²) < 4.78 is 20.0. The zero-order valence-corrected chi connectivity index (χ0v) is 10.4. The van der Waals surface area contributed by atoms with E-state index in [2.05, 4.69) is 21.2 Å². The van der Waals surface area contributed by atoms with Gasteiger partial charge in [0.05, 0.1) is 5.69 Å². The standard InChI is InChI=1S/C12H13BrFNO/c13-8-5-9-11(10(14)6-8)15-7-12(9)1-3-16-4-2-12/h5-6,15H,1-4,7H2. The maximum atomic E-state index is 13.8. The van der Waals surface area contributed by atoms with Gasteiger partial charge < -0.3 is 10.1 Å². The van der Waals surface area contributed by atoms with Gasteiger partial charge in [-0.3, -0.25) is 0 Å². The van der Waals surface area contributed by atoms with Gasteiger partial charge in [0.15, 0.2) is 0 Å². The number of hydrogen-bond donors (Lipinski definition) is 1. The fraction of sp³-hybridized carbons (Fsp3) is 0.500. The molecule has 0 radical (unpaired) electrons. The van der Waals surface area contributed by atoms with Crippen molar-refractivity contribution in [1.82, 2.24) is 0 Å². The summed E-state index contributed by atoms with van der Waals surface area (Å²) in [7, 11) is 0. The monoisotopic (exact) mass is 285 g/mol. The average molecular weight is 286 g/mol. The molecule has 0 amide bonds. The second-order valence-corrected chi connectivity index (χ2v) is 5.47. The Morgan fingerprint density at radius 2 is 2.06 bits per heavy atom. The van der Waals surface area contributed by atoms with Gasteiger partial charge in [-0.2, -0.15) is 0 Å². The lowest BCUT2D eigenvalue weighted by molar-refractivity contribution is 0.0567. The molecule has 1 N–H and O–H groups in total. The normalized spacial score (nSPS) is 21.9. The van der Waals surface area contributed by atoms with Crippen LogP contribution in [-0.2, 0) is 10.2 Å². The molecular weight excluding hydrogens is 273 g/mol. The Morgan fingerprint density at radius 3 is 2.81 bits per heavy atom. The van der Waals surface area contributed by atoms with E-state index >= 15 is 0 Å². The lowest BCUT2D eigenvalue weighted by Crippen LogP contribution is -2.35. The molecule has 86 valence electrons. The van der Waals surface area contributed by atoms with Gasteiger partial charge in [-0.25, -0.2) is 4.39 Å². The van der Waals surface area contributed by atoms with Crippen molar-refractivity contribution in [2.75, 3.05) is 25.1 Å². The molecule has 2 aliphatic heterocycles. The van der Waals surface area contributed by atoms with Crippen LogP contribution in [0, 0.1) is 5.82 Å². The number of ether oxygens (including phenoxy) is 1. The number of benzene rings is 1. The minimum Gasteiger partial charge on any atom is -0.382 e. The summed E-state index contributed by atoms with van der Waals surface area (Å²) in [6.45, 7) is 2.38. The van der Waals surface area contributed by atoms with E-state index in [0.29, 0.717) is 5.69 Å². The van der Waals surface area contributed by atoms with Gasteiger partial charge in [-0.15, -0.1) is 0 Å². The minimum atomic E-state index is -0.159. The number of rotatable bonds is 0. The molecule has 0 aromatic heterocycles. The Hall–Kier alpha value is -0.610. The Bertz CT molecular complexity index is 429. The molecule has 1 saturated heterocycles. The average Bonchev–Trinajstić information content (AvgIpc) is 2.59. The van der Waals surface area contributed by atoms with E-state index in [1.54, 1.807) is 0 Å². The van der Waals surface area contributed by atoms with Gasteiger partial charge in [-0.05, 0) is 30.5 Å². The summed E-state index contributed by atoms with van der Waals surface area (Å²) in [6, 6.07) is 3.56. The van der Waals surface area contributed by atoms with Crippen molar-refractivity contribution in [3.8, 4) is 0 Å². The van der Waals surface area contributed by atoms with Crippen LogP contribution in [0.15, 0.2) is 16.6 Å². The first-order valence-corrected chi connectivity index (χ1v) is 6.32.